The summed E-state index contributed by atoms with van der Waals surface area (Å²) in [4.78, 5) is 50.8. The van der Waals surface area contributed by atoms with E-state index in [2.05, 4.69) is 18.7 Å². The van der Waals surface area contributed by atoms with Crippen molar-refractivity contribution in [3.05, 3.63) is 84.5 Å². The summed E-state index contributed by atoms with van der Waals surface area (Å²) in [5.74, 6) is -2.09. The maximum Gasteiger partial charge on any atom is 0.253 e. The molecule has 1 unspecified atom stereocenters. The third-order valence-electron chi connectivity index (χ3n) is 9.81. The fourth-order valence-electron chi connectivity index (χ4n) is 7.61. The summed E-state index contributed by atoms with van der Waals surface area (Å²) in [6.07, 6.45) is 9.06. The van der Waals surface area contributed by atoms with Gasteiger partial charge in [0, 0.05) is 57.3 Å². The predicted octanol–water partition coefficient (Wildman–Crippen LogP) is 3.78. The molecule has 45 heavy (non-hydrogen) atoms. The van der Waals surface area contributed by atoms with Crippen molar-refractivity contribution in [2.45, 2.75) is 57.4 Å². The minimum atomic E-state index is -1.26. The van der Waals surface area contributed by atoms with Crippen LogP contribution in [-0.4, -0.2) is 89.7 Å². The number of fused-ring (bicyclic) bond motifs is 2. The molecule has 2 aromatic rings. The van der Waals surface area contributed by atoms with E-state index in [-0.39, 0.29) is 24.3 Å². The number of nitrogens with zero attached hydrogens (tertiary/aromatic N) is 4. The molecule has 9 nitrogen and oxygen atoms in total. The lowest BCUT2D eigenvalue weighted by Crippen LogP contribution is -2.55. The largest absolute Gasteiger partial charge is 0.396 e. The van der Waals surface area contributed by atoms with E-state index in [1.54, 1.807) is 14.7 Å². The van der Waals surface area contributed by atoms with Gasteiger partial charge < -0.3 is 29.4 Å². The first-order chi connectivity index (χ1) is 21.9. The van der Waals surface area contributed by atoms with Crippen molar-refractivity contribution < 1.29 is 24.2 Å². The fourth-order valence-corrected chi connectivity index (χ4v) is 7.61. The first kappa shape index (κ1) is 31.0. The number of carbonyl (C=O) groups excluding carboxylic acids is 3. The molecule has 4 aliphatic heterocycles. The number of aliphatic hydroxyl groups excluding tert-OH is 1. The van der Waals surface area contributed by atoms with Crippen LogP contribution in [0.25, 0.3) is 0 Å². The number of hydrogen-bond donors (Lipinski definition) is 1. The normalized spacial score (nSPS) is 27.4. The summed E-state index contributed by atoms with van der Waals surface area (Å²) in [6.45, 7) is 7.63. The topological polar surface area (TPSA) is 93.6 Å². The van der Waals surface area contributed by atoms with E-state index in [1.165, 1.54) is 0 Å². The molecule has 0 aromatic heterocycles. The number of likely N-dealkylation sites (tertiary alicyclic amines) is 1. The standard InChI is InChI=1S/C36H44N4O5/c1-3-37(4-2)27-16-18-28(19-17-27)39-23-12-20-36-31(34(43)40(32(36)35(39)44)22-9-6-10-24-41)30-29(45-36)15-11-21-38(33(30)42)25-26-13-7-5-8-14-26/h5,7-8,11-20,29-32,41H,3-4,6,9-10,21-25H2,1-2H3/t29-,30+,31-,32?,36-/m0/s1. The van der Waals surface area contributed by atoms with Gasteiger partial charge in [0.2, 0.25) is 11.8 Å². The highest BCUT2D eigenvalue weighted by atomic mass is 16.5. The summed E-state index contributed by atoms with van der Waals surface area (Å²) in [5.41, 5.74) is 1.60. The number of carbonyl (C=O) groups is 3. The third-order valence-corrected chi connectivity index (χ3v) is 9.81. The summed E-state index contributed by atoms with van der Waals surface area (Å²) < 4.78 is 6.79. The zero-order chi connectivity index (χ0) is 31.6. The Kier molecular flexibility index (Phi) is 9.10. The van der Waals surface area contributed by atoms with Gasteiger partial charge >= 0.3 is 0 Å². The highest BCUT2D eigenvalue weighted by Crippen LogP contribution is 2.53. The fraction of sp³-hybridized carbons (Fsp3) is 0.472. The maximum absolute atomic E-state index is 14.6. The highest BCUT2D eigenvalue weighted by Gasteiger charge is 2.71. The second-order valence-electron chi connectivity index (χ2n) is 12.3. The lowest BCUT2D eigenvalue weighted by atomic mass is 9.77. The first-order valence-electron chi connectivity index (χ1n) is 16.4. The van der Waals surface area contributed by atoms with Crippen molar-refractivity contribution in [3.63, 3.8) is 0 Å². The van der Waals surface area contributed by atoms with Gasteiger partial charge in [0.1, 0.15) is 11.6 Å². The molecular formula is C36H44N4O5. The number of ether oxygens (including phenoxy) is 1. The van der Waals surface area contributed by atoms with Crippen LogP contribution in [0.3, 0.4) is 0 Å². The zero-order valence-electron chi connectivity index (χ0n) is 26.3. The van der Waals surface area contributed by atoms with E-state index in [1.807, 2.05) is 78.9 Å². The summed E-state index contributed by atoms with van der Waals surface area (Å²) >= 11 is 0. The van der Waals surface area contributed by atoms with Crippen molar-refractivity contribution in [2.75, 3.05) is 49.1 Å². The monoisotopic (exact) mass is 612 g/mol. The van der Waals surface area contributed by atoms with Gasteiger partial charge in [0.05, 0.1) is 17.9 Å². The Morgan fingerprint density at radius 2 is 1.64 bits per heavy atom. The molecule has 238 valence electrons. The Morgan fingerprint density at radius 3 is 2.36 bits per heavy atom. The van der Waals surface area contributed by atoms with Crippen molar-refractivity contribution in [1.82, 2.24) is 9.80 Å². The number of aliphatic hydroxyl groups is 1. The highest BCUT2D eigenvalue weighted by molar-refractivity contribution is 6.05. The minimum absolute atomic E-state index is 0.0772. The molecule has 2 aromatic carbocycles. The number of anilines is 2. The van der Waals surface area contributed by atoms with Gasteiger partial charge in [-0.05, 0) is 62.9 Å². The molecule has 4 aliphatic rings. The van der Waals surface area contributed by atoms with Crippen LogP contribution in [0, 0.1) is 11.8 Å². The van der Waals surface area contributed by atoms with Crippen molar-refractivity contribution >= 4 is 29.1 Å². The Balaban J connectivity index is 1.35. The maximum atomic E-state index is 14.6. The van der Waals surface area contributed by atoms with Crippen LogP contribution in [0.1, 0.15) is 38.7 Å². The molecule has 0 saturated carbocycles. The Morgan fingerprint density at radius 1 is 0.889 bits per heavy atom. The third kappa shape index (κ3) is 5.57. The molecule has 0 radical (unpaired) electrons. The average molecular weight is 613 g/mol. The van der Waals surface area contributed by atoms with Crippen LogP contribution in [0.15, 0.2) is 78.9 Å². The smallest absolute Gasteiger partial charge is 0.253 e. The molecule has 1 spiro atoms. The second kappa shape index (κ2) is 13.2. The quantitative estimate of drug-likeness (QED) is 0.307. The lowest BCUT2D eigenvalue weighted by Gasteiger charge is -2.35. The predicted molar refractivity (Wildman–Crippen MR) is 174 cm³/mol. The summed E-state index contributed by atoms with van der Waals surface area (Å²) in [5, 5.41) is 9.35. The molecule has 2 saturated heterocycles. The van der Waals surface area contributed by atoms with Crippen LogP contribution >= 0.6 is 0 Å². The van der Waals surface area contributed by atoms with Gasteiger partial charge in [-0.2, -0.15) is 0 Å². The van der Waals surface area contributed by atoms with E-state index in [0.29, 0.717) is 39.0 Å². The average Bonchev–Trinajstić information content (AvgIpc) is 3.37. The van der Waals surface area contributed by atoms with Gasteiger partial charge in [-0.25, -0.2) is 0 Å². The Hall–Kier alpha value is -3.95. The van der Waals surface area contributed by atoms with Crippen LogP contribution < -0.4 is 9.80 Å². The molecule has 2 fully saturated rings. The number of hydrogen-bond acceptors (Lipinski definition) is 6. The molecule has 3 amide bonds. The molecular weight excluding hydrogens is 568 g/mol. The summed E-state index contributed by atoms with van der Waals surface area (Å²) in [6, 6.07) is 16.9. The van der Waals surface area contributed by atoms with Crippen molar-refractivity contribution in [1.29, 1.82) is 0 Å². The SMILES string of the molecule is CCN(CC)c1ccc(N2CC=C[C@]34O[C@H]5C=CCN(Cc6ccccc6)C(=O)[C@H]5[C@H]3C(=O)N(CCCCCO)C4C2=O)cc1. The van der Waals surface area contributed by atoms with Gasteiger partial charge in [0.25, 0.3) is 5.91 Å². The molecule has 0 aliphatic carbocycles. The van der Waals surface area contributed by atoms with Gasteiger partial charge in [0.15, 0.2) is 0 Å². The molecule has 9 heteroatoms. The van der Waals surface area contributed by atoms with Gasteiger partial charge in [-0.3, -0.25) is 14.4 Å². The number of unbranched alkanes of at least 4 members (excludes halogenated alkanes) is 2. The zero-order valence-corrected chi connectivity index (χ0v) is 26.3. The first-order valence-corrected chi connectivity index (χ1v) is 16.4. The summed E-state index contributed by atoms with van der Waals surface area (Å²) in [7, 11) is 0. The van der Waals surface area contributed by atoms with E-state index >= 15 is 0 Å². The molecule has 0 bridgehead atoms. The number of amides is 3. The van der Waals surface area contributed by atoms with Crippen LogP contribution in [0.4, 0.5) is 11.4 Å². The van der Waals surface area contributed by atoms with Crippen LogP contribution in [-0.2, 0) is 25.7 Å². The van der Waals surface area contributed by atoms with Gasteiger partial charge in [-0.1, -0.05) is 54.6 Å². The molecule has 1 N–H and O–H groups in total. The van der Waals surface area contributed by atoms with E-state index in [0.717, 1.165) is 36.4 Å². The second-order valence-corrected chi connectivity index (χ2v) is 12.3. The molecule has 4 heterocycles. The van der Waals surface area contributed by atoms with E-state index in [9.17, 15) is 19.5 Å². The number of benzene rings is 2. The molecule has 5 atom stereocenters. The van der Waals surface area contributed by atoms with Crippen molar-refractivity contribution in [3.8, 4) is 0 Å². The van der Waals surface area contributed by atoms with E-state index < -0.39 is 29.6 Å². The van der Waals surface area contributed by atoms with Crippen molar-refractivity contribution in [2.24, 2.45) is 11.8 Å². The van der Waals surface area contributed by atoms with Crippen LogP contribution in [0.5, 0.6) is 0 Å². The van der Waals surface area contributed by atoms with E-state index in [4.69, 9.17) is 4.74 Å². The number of rotatable bonds is 11. The molecule has 6 rings (SSSR count). The minimum Gasteiger partial charge on any atom is -0.396 e. The lowest BCUT2D eigenvalue weighted by molar-refractivity contribution is -0.144. The Labute approximate surface area is 265 Å². The Bertz CT molecular complexity index is 1440. The van der Waals surface area contributed by atoms with Crippen LogP contribution in [0.2, 0.25) is 0 Å². The van der Waals surface area contributed by atoms with Gasteiger partial charge in [-0.15, -0.1) is 0 Å².